The molecule has 0 aliphatic heterocycles. The van der Waals surface area contributed by atoms with E-state index >= 15 is 0 Å². The molecule has 0 bridgehead atoms. The average molecular weight is 693 g/mol. The third-order valence-electron chi connectivity index (χ3n) is 6.87. The molecule has 0 unspecified atom stereocenters. The van der Waals surface area contributed by atoms with Crippen LogP contribution in [0.25, 0.3) is 0 Å². The summed E-state index contributed by atoms with van der Waals surface area (Å²) in [7, 11) is 0. The maximum absolute atomic E-state index is 13.7. The van der Waals surface area contributed by atoms with Crippen molar-refractivity contribution in [3.8, 4) is 35.2 Å². The molecule has 0 heterocycles. The van der Waals surface area contributed by atoms with Crippen LogP contribution >= 0.6 is 0 Å². The number of alkyl halides is 6. The molecule has 260 valence electrons. The molecule has 4 aromatic carbocycles. The molecule has 0 N–H and O–H groups in total. The largest absolute Gasteiger partial charge is 0.573 e. The zero-order valence-corrected chi connectivity index (χ0v) is 27.1. The van der Waals surface area contributed by atoms with E-state index in [2.05, 4.69) is 46.3 Å². The summed E-state index contributed by atoms with van der Waals surface area (Å²) in [6.45, 7) is 7.39. The van der Waals surface area contributed by atoms with Crippen molar-refractivity contribution in [3.63, 3.8) is 0 Å². The molecule has 9 heteroatoms. The summed E-state index contributed by atoms with van der Waals surface area (Å²) in [6, 6.07) is 24.2. The summed E-state index contributed by atoms with van der Waals surface area (Å²) in [5.74, 6) is 9.28. The first kappa shape index (κ1) is 39.0. The second-order valence-corrected chi connectivity index (χ2v) is 10.9. The molecule has 0 fully saturated rings. The number of ether oxygens (including phenoxy) is 2. The second kappa shape index (κ2) is 19.6. The van der Waals surface area contributed by atoms with Crippen molar-refractivity contribution >= 4 is 0 Å². The molecule has 2 nitrogen and oxygen atoms in total. The number of allylic oxidation sites excluding steroid dienone is 2. The highest BCUT2D eigenvalue weighted by atomic mass is 19.4. The lowest BCUT2D eigenvalue weighted by Crippen LogP contribution is -2.17. The summed E-state index contributed by atoms with van der Waals surface area (Å²) in [5, 5.41) is 0. The lowest BCUT2D eigenvalue weighted by molar-refractivity contribution is -0.276. The van der Waals surface area contributed by atoms with E-state index in [0.717, 1.165) is 68.2 Å². The SMILES string of the molecule is C=CCCCCCc1ccc(C#Cc2ccc(OC(F)(F)F)c(F)c2)cc1.C=CCCc1ccc(C#Cc2ccc(OC(F)(F)F)cc2)cc1. The van der Waals surface area contributed by atoms with Crippen LogP contribution in [0.4, 0.5) is 30.7 Å². The Bertz CT molecular complexity index is 1780. The number of hydrogen-bond donors (Lipinski definition) is 0. The predicted molar refractivity (Wildman–Crippen MR) is 182 cm³/mol. The summed E-state index contributed by atoms with van der Waals surface area (Å²) in [5.41, 5.74) is 4.93. The Morgan fingerprint density at radius 1 is 0.520 bits per heavy atom. The first-order valence-electron chi connectivity index (χ1n) is 15.7. The molecule has 0 aliphatic carbocycles. The monoisotopic (exact) mass is 692 g/mol. The number of halogens is 7. The Labute approximate surface area is 288 Å². The lowest BCUT2D eigenvalue weighted by Gasteiger charge is -2.09. The van der Waals surface area contributed by atoms with Crippen LogP contribution in [0.5, 0.6) is 11.5 Å². The van der Waals surface area contributed by atoms with Gasteiger partial charge >= 0.3 is 12.7 Å². The van der Waals surface area contributed by atoms with Gasteiger partial charge in [0.1, 0.15) is 5.75 Å². The molecular weight excluding hydrogens is 657 g/mol. The van der Waals surface area contributed by atoms with Crippen LogP contribution in [0.15, 0.2) is 116 Å². The van der Waals surface area contributed by atoms with E-state index in [1.165, 1.54) is 41.5 Å². The van der Waals surface area contributed by atoms with E-state index in [-0.39, 0.29) is 11.3 Å². The molecular formula is C41H35F7O2. The number of aryl methyl sites for hydroxylation is 2. The van der Waals surface area contributed by atoms with E-state index < -0.39 is 24.3 Å². The zero-order chi connectivity index (χ0) is 36.4. The van der Waals surface area contributed by atoms with Gasteiger partial charge in [-0.2, -0.15) is 0 Å². The van der Waals surface area contributed by atoms with Crippen LogP contribution < -0.4 is 9.47 Å². The third-order valence-corrected chi connectivity index (χ3v) is 6.87. The number of hydrogen-bond acceptors (Lipinski definition) is 2. The van der Waals surface area contributed by atoms with Gasteiger partial charge in [-0.3, -0.25) is 0 Å². The van der Waals surface area contributed by atoms with Gasteiger partial charge in [-0.05, 0) is 116 Å². The molecule has 0 amide bonds. The van der Waals surface area contributed by atoms with Crippen molar-refractivity contribution in [2.24, 2.45) is 0 Å². The first-order valence-corrected chi connectivity index (χ1v) is 15.7. The number of unbranched alkanes of at least 4 members (excludes halogenated alkanes) is 3. The van der Waals surface area contributed by atoms with E-state index in [4.69, 9.17) is 0 Å². The standard InChI is InChI=1S/C22H20F4O.C19H15F3O/c1-2-3-4-5-6-7-17-8-10-18(11-9-17)12-13-19-14-15-21(20(23)16-19)27-22(24,25)26;1-2-3-4-15-5-7-16(8-6-15)9-10-17-11-13-18(14-12-17)23-19(20,21)22/h2,8-11,14-16H,1,3-7H2;2,5-8,11-14H,1,3-4H2. The van der Waals surface area contributed by atoms with Crippen molar-refractivity contribution in [2.75, 3.05) is 0 Å². The molecule has 0 spiro atoms. The fourth-order valence-electron chi connectivity index (χ4n) is 4.39. The van der Waals surface area contributed by atoms with Gasteiger partial charge in [-0.25, -0.2) is 4.39 Å². The summed E-state index contributed by atoms with van der Waals surface area (Å²) >= 11 is 0. The molecule has 4 aromatic rings. The van der Waals surface area contributed by atoms with Crippen LogP contribution in [0.1, 0.15) is 65.5 Å². The second-order valence-electron chi connectivity index (χ2n) is 10.9. The van der Waals surface area contributed by atoms with Crippen molar-refractivity contribution < 1.29 is 40.2 Å². The average Bonchev–Trinajstić information content (AvgIpc) is 3.07. The van der Waals surface area contributed by atoms with Crippen molar-refractivity contribution in [1.29, 1.82) is 0 Å². The van der Waals surface area contributed by atoms with Crippen molar-refractivity contribution in [1.82, 2.24) is 0 Å². The minimum atomic E-state index is -4.93. The van der Waals surface area contributed by atoms with Crippen molar-refractivity contribution in [2.45, 2.75) is 57.7 Å². The highest BCUT2D eigenvalue weighted by Gasteiger charge is 2.32. The van der Waals surface area contributed by atoms with E-state index in [1.807, 2.05) is 60.7 Å². The smallest absolute Gasteiger partial charge is 0.406 e. The highest BCUT2D eigenvalue weighted by Crippen LogP contribution is 2.26. The van der Waals surface area contributed by atoms with Gasteiger partial charge in [0.15, 0.2) is 11.6 Å². The first-order chi connectivity index (χ1) is 23.8. The molecule has 0 aromatic heterocycles. The lowest BCUT2D eigenvalue weighted by atomic mass is 10.0. The Morgan fingerprint density at radius 2 is 0.980 bits per heavy atom. The van der Waals surface area contributed by atoms with Crippen LogP contribution in [0.2, 0.25) is 0 Å². The highest BCUT2D eigenvalue weighted by molar-refractivity contribution is 5.46. The normalized spacial score (nSPS) is 10.7. The summed E-state index contributed by atoms with van der Waals surface area (Å²) < 4.78 is 93.7. The fourth-order valence-corrected chi connectivity index (χ4v) is 4.39. The summed E-state index contributed by atoms with van der Waals surface area (Å²) in [6.07, 6.45) is 1.52. The van der Waals surface area contributed by atoms with E-state index in [1.54, 1.807) is 0 Å². The maximum atomic E-state index is 13.7. The summed E-state index contributed by atoms with van der Waals surface area (Å²) in [4.78, 5) is 0. The van der Waals surface area contributed by atoms with Gasteiger partial charge in [0, 0.05) is 22.3 Å². The molecule has 4 rings (SSSR count). The van der Waals surface area contributed by atoms with Gasteiger partial charge in [0.05, 0.1) is 0 Å². The van der Waals surface area contributed by atoms with Crippen LogP contribution in [0.3, 0.4) is 0 Å². The van der Waals surface area contributed by atoms with Gasteiger partial charge in [0.25, 0.3) is 0 Å². The van der Waals surface area contributed by atoms with Crippen LogP contribution in [-0.4, -0.2) is 12.7 Å². The van der Waals surface area contributed by atoms with Crippen LogP contribution in [0, 0.1) is 29.5 Å². The molecule has 50 heavy (non-hydrogen) atoms. The van der Waals surface area contributed by atoms with Crippen LogP contribution in [-0.2, 0) is 12.8 Å². The van der Waals surface area contributed by atoms with Gasteiger partial charge < -0.3 is 9.47 Å². The molecule has 0 saturated carbocycles. The van der Waals surface area contributed by atoms with E-state index in [9.17, 15) is 30.7 Å². The fraction of sp³-hybridized carbons (Fsp3) is 0.220. The van der Waals surface area contributed by atoms with Gasteiger partial charge in [0.2, 0.25) is 0 Å². The molecule has 0 saturated heterocycles. The number of benzene rings is 4. The minimum absolute atomic E-state index is 0.255. The third kappa shape index (κ3) is 15.7. The van der Waals surface area contributed by atoms with Crippen molar-refractivity contribution in [3.05, 3.63) is 156 Å². The number of rotatable bonds is 11. The van der Waals surface area contributed by atoms with Gasteiger partial charge in [-0.1, -0.05) is 66.5 Å². The Kier molecular flexibility index (Phi) is 15.3. The Hall–Kier alpha value is -5.41. The van der Waals surface area contributed by atoms with Gasteiger partial charge in [-0.15, -0.1) is 39.5 Å². The Morgan fingerprint density at radius 3 is 1.46 bits per heavy atom. The quantitative estimate of drug-likeness (QED) is 0.0674. The Balaban J connectivity index is 0.000000274. The molecule has 0 radical (unpaired) electrons. The maximum Gasteiger partial charge on any atom is 0.573 e. The van der Waals surface area contributed by atoms with E-state index in [0.29, 0.717) is 5.56 Å². The zero-order valence-electron chi connectivity index (χ0n) is 27.1. The topological polar surface area (TPSA) is 18.5 Å². The predicted octanol–water partition coefficient (Wildman–Crippen LogP) is 11.5. The molecule has 0 aliphatic rings. The minimum Gasteiger partial charge on any atom is -0.406 e. The molecule has 0 atom stereocenters.